The van der Waals surface area contributed by atoms with Gasteiger partial charge in [-0.05, 0) is 38.5 Å². The average molecular weight is 567 g/mol. The molecule has 0 fully saturated rings. The van der Waals surface area contributed by atoms with E-state index in [-0.39, 0.29) is 12.1 Å². The molecule has 1 N–H and O–H groups in total. The summed E-state index contributed by atoms with van der Waals surface area (Å²) in [5, 5.41) is 8.67. The van der Waals surface area contributed by atoms with E-state index in [0.29, 0.717) is 12.8 Å². The molecule has 4 heteroatoms. The summed E-state index contributed by atoms with van der Waals surface area (Å²) >= 11 is 0. The first-order valence-corrected chi connectivity index (χ1v) is 18.0. The van der Waals surface area contributed by atoms with E-state index in [9.17, 15) is 9.59 Å². The molecule has 0 bridgehead atoms. The van der Waals surface area contributed by atoms with Crippen LogP contribution in [0.5, 0.6) is 0 Å². The van der Waals surface area contributed by atoms with E-state index in [0.717, 1.165) is 32.1 Å². The second kappa shape index (κ2) is 32.5. The highest BCUT2D eigenvalue weighted by molar-refractivity contribution is 5.69. The van der Waals surface area contributed by atoms with Gasteiger partial charge in [0.2, 0.25) is 0 Å². The first-order valence-electron chi connectivity index (χ1n) is 18.0. The largest absolute Gasteiger partial charge is 0.481 e. The van der Waals surface area contributed by atoms with Crippen LogP contribution in [0.4, 0.5) is 0 Å². The van der Waals surface area contributed by atoms with Gasteiger partial charge in [-0.25, -0.2) is 0 Å². The first kappa shape index (κ1) is 38.9. The summed E-state index contributed by atoms with van der Waals surface area (Å²) in [5.74, 6) is -0.628. The third-order valence-electron chi connectivity index (χ3n) is 8.33. The summed E-state index contributed by atoms with van der Waals surface area (Å²) in [6.07, 6.45) is 37.1. The van der Waals surface area contributed by atoms with Crippen molar-refractivity contribution < 1.29 is 19.4 Å². The third-order valence-corrected chi connectivity index (χ3v) is 8.33. The minimum absolute atomic E-state index is 0.0401. The highest BCUT2D eigenvalue weighted by Gasteiger charge is 2.14. The van der Waals surface area contributed by atoms with Crippen molar-refractivity contribution in [2.24, 2.45) is 0 Å². The quantitative estimate of drug-likeness (QED) is 0.0633. The van der Waals surface area contributed by atoms with E-state index in [1.165, 1.54) is 154 Å². The Labute approximate surface area is 250 Å². The monoisotopic (exact) mass is 567 g/mol. The van der Waals surface area contributed by atoms with Crippen LogP contribution in [0.2, 0.25) is 0 Å². The lowest BCUT2D eigenvalue weighted by Crippen LogP contribution is -2.18. The standard InChI is InChI=1S/C36H70O4/c1-3-5-7-9-10-11-14-19-22-25-29-33-36(39)40-34(30-26-8-6-4-2)31-27-23-20-17-15-12-13-16-18-21-24-28-32-35(37)38/h34H,3-33H2,1-2H3,(H,37,38). The molecule has 0 amide bonds. The summed E-state index contributed by atoms with van der Waals surface area (Å²) in [6, 6.07) is 0. The summed E-state index contributed by atoms with van der Waals surface area (Å²) in [4.78, 5) is 23.0. The smallest absolute Gasteiger partial charge is 0.306 e. The fourth-order valence-electron chi connectivity index (χ4n) is 5.66. The van der Waals surface area contributed by atoms with Crippen LogP contribution in [0.1, 0.15) is 213 Å². The van der Waals surface area contributed by atoms with Gasteiger partial charge in [-0.3, -0.25) is 9.59 Å². The maximum atomic E-state index is 12.5. The van der Waals surface area contributed by atoms with Crippen molar-refractivity contribution in [1.29, 1.82) is 0 Å². The molecular formula is C36H70O4. The molecule has 238 valence electrons. The minimum atomic E-state index is -0.668. The number of esters is 1. The van der Waals surface area contributed by atoms with Crippen LogP contribution in [-0.2, 0) is 14.3 Å². The van der Waals surface area contributed by atoms with E-state index in [2.05, 4.69) is 13.8 Å². The Morgan fingerprint density at radius 1 is 0.450 bits per heavy atom. The average Bonchev–Trinajstić information content (AvgIpc) is 2.93. The number of ether oxygens (including phenoxy) is 1. The molecule has 0 heterocycles. The van der Waals surface area contributed by atoms with Gasteiger partial charge >= 0.3 is 11.9 Å². The summed E-state index contributed by atoms with van der Waals surface area (Å²) in [6.45, 7) is 4.52. The number of carbonyl (C=O) groups is 2. The van der Waals surface area contributed by atoms with Crippen molar-refractivity contribution in [2.75, 3.05) is 0 Å². The van der Waals surface area contributed by atoms with Gasteiger partial charge in [-0.1, -0.05) is 162 Å². The lowest BCUT2D eigenvalue weighted by atomic mass is 10.0. The van der Waals surface area contributed by atoms with Gasteiger partial charge in [-0.2, -0.15) is 0 Å². The van der Waals surface area contributed by atoms with Crippen LogP contribution in [-0.4, -0.2) is 23.1 Å². The lowest BCUT2D eigenvalue weighted by molar-refractivity contribution is -0.150. The van der Waals surface area contributed by atoms with Gasteiger partial charge in [0.15, 0.2) is 0 Å². The maximum Gasteiger partial charge on any atom is 0.306 e. The fourth-order valence-corrected chi connectivity index (χ4v) is 5.66. The Kier molecular flexibility index (Phi) is 31.6. The molecule has 0 radical (unpaired) electrons. The van der Waals surface area contributed by atoms with Crippen molar-refractivity contribution >= 4 is 11.9 Å². The number of unbranched alkanes of at least 4 members (excludes halogenated alkanes) is 24. The predicted molar refractivity (Wildman–Crippen MR) is 172 cm³/mol. The summed E-state index contributed by atoms with van der Waals surface area (Å²) < 4.78 is 5.97. The molecule has 4 nitrogen and oxygen atoms in total. The van der Waals surface area contributed by atoms with Crippen LogP contribution >= 0.6 is 0 Å². The number of carboxylic acid groups (broad SMARTS) is 1. The number of rotatable bonds is 33. The van der Waals surface area contributed by atoms with Gasteiger partial charge in [0, 0.05) is 12.8 Å². The van der Waals surface area contributed by atoms with Gasteiger partial charge in [0.05, 0.1) is 0 Å². The van der Waals surface area contributed by atoms with Crippen LogP contribution in [0, 0.1) is 0 Å². The van der Waals surface area contributed by atoms with E-state index in [1.54, 1.807) is 0 Å². The molecule has 0 saturated carbocycles. The topological polar surface area (TPSA) is 63.6 Å². The third kappa shape index (κ3) is 31.5. The summed E-state index contributed by atoms with van der Waals surface area (Å²) in [5.41, 5.74) is 0. The van der Waals surface area contributed by atoms with E-state index in [1.807, 2.05) is 0 Å². The minimum Gasteiger partial charge on any atom is -0.481 e. The highest BCUT2D eigenvalue weighted by Crippen LogP contribution is 2.19. The molecule has 0 aromatic carbocycles. The Morgan fingerprint density at radius 3 is 1.12 bits per heavy atom. The van der Waals surface area contributed by atoms with Crippen LogP contribution in [0.3, 0.4) is 0 Å². The Balaban J connectivity index is 3.79. The number of aliphatic carboxylic acids is 1. The van der Waals surface area contributed by atoms with Gasteiger partial charge in [0.1, 0.15) is 6.10 Å². The zero-order valence-electron chi connectivity index (χ0n) is 27.2. The number of carboxylic acids is 1. The molecule has 1 atom stereocenters. The lowest BCUT2D eigenvalue weighted by Gasteiger charge is -2.18. The van der Waals surface area contributed by atoms with Crippen molar-refractivity contribution in [3.8, 4) is 0 Å². The number of hydrogen-bond donors (Lipinski definition) is 1. The number of hydrogen-bond acceptors (Lipinski definition) is 3. The van der Waals surface area contributed by atoms with Crippen LogP contribution in [0.25, 0.3) is 0 Å². The fraction of sp³-hybridized carbons (Fsp3) is 0.944. The van der Waals surface area contributed by atoms with Gasteiger partial charge in [0.25, 0.3) is 0 Å². The zero-order chi connectivity index (χ0) is 29.4. The van der Waals surface area contributed by atoms with Crippen LogP contribution in [0.15, 0.2) is 0 Å². The summed E-state index contributed by atoms with van der Waals surface area (Å²) in [7, 11) is 0. The maximum absolute atomic E-state index is 12.5. The second-order valence-electron chi connectivity index (χ2n) is 12.4. The van der Waals surface area contributed by atoms with E-state index in [4.69, 9.17) is 9.84 Å². The molecule has 0 aromatic rings. The Bertz CT molecular complexity index is 533. The van der Waals surface area contributed by atoms with Crippen molar-refractivity contribution in [3.05, 3.63) is 0 Å². The SMILES string of the molecule is CCCCCCCCCCCCCC(=O)OC(CCCCCC)CCCCCCCCCCCCCCC(=O)O. The second-order valence-corrected chi connectivity index (χ2v) is 12.4. The van der Waals surface area contributed by atoms with E-state index >= 15 is 0 Å². The van der Waals surface area contributed by atoms with Gasteiger partial charge < -0.3 is 9.84 Å². The Morgan fingerprint density at radius 2 is 0.750 bits per heavy atom. The zero-order valence-corrected chi connectivity index (χ0v) is 27.2. The normalized spacial score (nSPS) is 12.1. The van der Waals surface area contributed by atoms with Crippen molar-refractivity contribution in [2.45, 2.75) is 219 Å². The van der Waals surface area contributed by atoms with Crippen molar-refractivity contribution in [1.82, 2.24) is 0 Å². The van der Waals surface area contributed by atoms with Crippen LogP contribution < -0.4 is 0 Å². The number of carbonyl (C=O) groups excluding carboxylic acids is 1. The van der Waals surface area contributed by atoms with Gasteiger partial charge in [-0.15, -0.1) is 0 Å². The van der Waals surface area contributed by atoms with Crippen molar-refractivity contribution in [3.63, 3.8) is 0 Å². The molecule has 0 aliphatic heterocycles. The first-order chi connectivity index (χ1) is 19.6. The molecule has 1 unspecified atom stereocenters. The highest BCUT2D eigenvalue weighted by atomic mass is 16.5. The predicted octanol–water partition coefficient (Wildman–Crippen LogP) is 12.1. The molecule has 0 rings (SSSR count). The molecule has 0 aromatic heterocycles. The molecule has 40 heavy (non-hydrogen) atoms. The molecule has 0 spiro atoms. The molecular weight excluding hydrogens is 496 g/mol. The Hall–Kier alpha value is -1.06. The molecule has 0 saturated heterocycles. The molecule has 0 aliphatic carbocycles. The molecule has 0 aliphatic rings. The van der Waals surface area contributed by atoms with E-state index < -0.39 is 5.97 Å².